The van der Waals surface area contributed by atoms with Gasteiger partial charge in [0.15, 0.2) is 0 Å². The van der Waals surface area contributed by atoms with Gasteiger partial charge in [-0.05, 0) is 72.6 Å². The Kier molecular flexibility index (Phi) is 6.50. The van der Waals surface area contributed by atoms with E-state index < -0.39 is 0 Å². The van der Waals surface area contributed by atoms with Crippen LogP contribution in [0.4, 0.5) is 10.1 Å². The normalized spacial score (nSPS) is 21.8. The van der Waals surface area contributed by atoms with Crippen LogP contribution < -0.4 is 15.8 Å². The molecule has 3 aliphatic rings. The number of anilines is 1. The molecule has 2 aliphatic carbocycles. The molecule has 0 saturated heterocycles. The van der Waals surface area contributed by atoms with E-state index >= 15 is 0 Å². The van der Waals surface area contributed by atoms with Crippen LogP contribution in [0, 0.1) is 23.6 Å². The summed E-state index contributed by atoms with van der Waals surface area (Å²) in [5, 5.41) is 5.38. The van der Waals surface area contributed by atoms with E-state index in [9.17, 15) is 9.18 Å². The van der Waals surface area contributed by atoms with Gasteiger partial charge in [-0.15, -0.1) is 0 Å². The number of carbonyl (C=O) groups is 1. The molecule has 0 spiro atoms. The summed E-state index contributed by atoms with van der Waals surface area (Å²) in [4.78, 5) is 12.7. The standard InChI is InChI=1S/C30H34FN3O/c1-19(2)15-29(35)33-27(21-7-5-4-6-8-21)16-22-9-10-23-17-28-26(20(3)30(22)23)18-32-34(28)25-13-11-24(31)12-14-25/h4-8,11-14,17-20,22,27,32H,9-10,15-16H2,1-3H3,(H,33,35)/t20-,22+,27?/m0/s1. The van der Waals surface area contributed by atoms with Crippen LogP contribution in [0.1, 0.15) is 58.1 Å². The maximum atomic E-state index is 13.5. The summed E-state index contributed by atoms with van der Waals surface area (Å²) in [5.41, 5.74) is 10.8. The summed E-state index contributed by atoms with van der Waals surface area (Å²) in [7, 11) is 0. The van der Waals surface area contributed by atoms with Gasteiger partial charge in [0, 0.05) is 24.1 Å². The molecule has 3 atom stereocenters. The maximum absolute atomic E-state index is 13.5. The minimum atomic E-state index is -0.232. The van der Waals surface area contributed by atoms with E-state index in [1.165, 1.54) is 34.4 Å². The van der Waals surface area contributed by atoms with Crippen molar-refractivity contribution in [3.05, 3.63) is 101 Å². The Bertz CT molecular complexity index is 1180. The van der Waals surface area contributed by atoms with Crippen LogP contribution in [0.2, 0.25) is 0 Å². The third-order valence-electron chi connectivity index (χ3n) is 7.44. The molecular weight excluding hydrogens is 437 g/mol. The molecule has 1 unspecified atom stereocenters. The smallest absolute Gasteiger partial charge is 0.220 e. The third-order valence-corrected chi connectivity index (χ3v) is 7.44. The first kappa shape index (κ1) is 23.4. The molecule has 0 bridgehead atoms. The van der Waals surface area contributed by atoms with Crippen molar-refractivity contribution in [3.8, 4) is 0 Å². The second-order valence-electron chi connectivity index (χ2n) is 10.4. The molecule has 1 heterocycles. The zero-order valence-electron chi connectivity index (χ0n) is 20.7. The minimum absolute atomic E-state index is 0.00303. The number of nitrogens with zero attached hydrogens (tertiary/aromatic N) is 1. The van der Waals surface area contributed by atoms with Gasteiger partial charge in [-0.1, -0.05) is 56.7 Å². The number of fused-ring (bicyclic) bond motifs is 1. The van der Waals surface area contributed by atoms with E-state index in [0.717, 1.165) is 30.6 Å². The summed E-state index contributed by atoms with van der Waals surface area (Å²) in [6.07, 6.45) is 7.97. The molecule has 0 radical (unpaired) electrons. The lowest BCUT2D eigenvalue weighted by molar-refractivity contribution is -0.122. The van der Waals surface area contributed by atoms with Crippen LogP contribution in [0.15, 0.2) is 89.3 Å². The largest absolute Gasteiger partial charge is 0.349 e. The Balaban J connectivity index is 1.40. The number of hydrazine groups is 1. The van der Waals surface area contributed by atoms with Crippen molar-refractivity contribution in [3.63, 3.8) is 0 Å². The topological polar surface area (TPSA) is 44.4 Å². The highest BCUT2D eigenvalue weighted by Gasteiger charge is 2.39. The van der Waals surface area contributed by atoms with E-state index in [2.05, 4.69) is 55.9 Å². The molecule has 5 rings (SSSR count). The molecule has 182 valence electrons. The van der Waals surface area contributed by atoms with Gasteiger partial charge in [-0.25, -0.2) is 4.39 Å². The monoisotopic (exact) mass is 471 g/mol. The lowest BCUT2D eigenvalue weighted by atomic mass is 9.78. The Morgan fingerprint density at radius 1 is 1.14 bits per heavy atom. The SMILES string of the molecule is CC(C)CC(=O)NC(C[C@H]1CCC2=C1[C@@H](C)C1=CNN(c3ccc(F)cc3)C1=C2)c1ccccc1. The number of hydrogen-bond donors (Lipinski definition) is 2. The summed E-state index contributed by atoms with van der Waals surface area (Å²) >= 11 is 0. The van der Waals surface area contributed by atoms with Gasteiger partial charge in [0.25, 0.3) is 0 Å². The Morgan fingerprint density at radius 2 is 1.89 bits per heavy atom. The van der Waals surface area contributed by atoms with E-state index in [0.29, 0.717) is 24.2 Å². The van der Waals surface area contributed by atoms with E-state index in [1.54, 1.807) is 12.1 Å². The Morgan fingerprint density at radius 3 is 2.60 bits per heavy atom. The summed E-state index contributed by atoms with van der Waals surface area (Å²) < 4.78 is 13.5. The predicted octanol–water partition coefficient (Wildman–Crippen LogP) is 6.57. The second-order valence-corrected chi connectivity index (χ2v) is 10.4. The number of benzene rings is 2. The maximum Gasteiger partial charge on any atom is 0.220 e. The van der Waals surface area contributed by atoms with Crippen molar-refractivity contribution in [2.24, 2.45) is 17.8 Å². The van der Waals surface area contributed by atoms with E-state index in [1.807, 2.05) is 23.2 Å². The highest BCUT2D eigenvalue weighted by molar-refractivity contribution is 5.76. The first-order chi connectivity index (χ1) is 16.9. The summed E-state index contributed by atoms with van der Waals surface area (Å²) in [6.45, 7) is 6.45. The second kappa shape index (κ2) is 9.73. The molecule has 5 heteroatoms. The Labute approximate surface area is 207 Å². The van der Waals surface area contributed by atoms with Crippen LogP contribution in [0.5, 0.6) is 0 Å². The molecule has 1 aliphatic heterocycles. The highest BCUT2D eigenvalue weighted by Crippen LogP contribution is 2.49. The lowest BCUT2D eigenvalue weighted by Crippen LogP contribution is -2.32. The van der Waals surface area contributed by atoms with Gasteiger partial charge in [-0.2, -0.15) is 0 Å². The van der Waals surface area contributed by atoms with Crippen molar-refractivity contribution < 1.29 is 9.18 Å². The van der Waals surface area contributed by atoms with Crippen LogP contribution in [-0.4, -0.2) is 5.91 Å². The number of nitrogens with one attached hydrogen (secondary N) is 2. The van der Waals surface area contributed by atoms with Gasteiger partial charge in [0.1, 0.15) is 5.82 Å². The number of amides is 1. The number of allylic oxidation sites excluding steroid dienone is 4. The fourth-order valence-electron chi connectivity index (χ4n) is 5.83. The third kappa shape index (κ3) is 4.77. The van der Waals surface area contributed by atoms with Gasteiger partial charge in [0.05, 0.1) is 17.4 Å². The first-order valence-electron chi connectivity index (χ1n) is 12.7. The van der Waals surface area contributed by atoms with Crippen LogP contribution in [0.25, 0.3) is 0 Å². The zero-order valence-corrected chi connectivity index (χ0v) is 20.7. The number of rotatable bonds is 7. The van der Waals surface area contributed by atoms with Crippen LogP contribution in [-0.2, 0) is 4.79 Å². The number of hydrogen-bond acceptors (Lipinski definition) is 3. The minimum Gasteiger partial charge on any atom is -0.349 e. The van der Waals surface area contributed by atoms with Gasteiger partial charge < -0.3 is 10.7 Å². The lowest BCUT2D eigenvalue weighted by Gasteiger charge is -2.31. The van der Waals surface area contributed by atoms with Crippen molar-refractivity contribution >= 4 is 11.6 Å². The van der Waals surface area contributed by atoms with Crippen molar-refractivity contribution in [1.29, 1.82) is 0 Å². The Hall–Kier alpha value is -3.34. The molecule has 35 heavy (non-hydrogen) atoms. The molecule has 0 saturated carbocycles. The van der Waals surface area contributed by atoms with Crippen LogP contribution in [0.3, 0.4) is 0 Å². The van der Waals surface area contributed by atoms with Crippen molar-refractivity contribution in [2.75, 3.05) is 5.01 Å². The van der Waals surface area contributed by atoms with E-state index in [4.69, 9.17) is 0 Å². The van der Waals surface area contributed by atoms with E-state index in [-0.39, 0.29) is 17.8 Å². The van der Waals surface area contributed by atoms with Gasteiger partial charge in [-0.3, -0.25) is 9.80 Å². The molecule has 0 fully saturated rings. The molecule has 0 aromatic heterocycles. The molecule has 2 aromatic rings. The van der Waals surface area contributed by atoms with Crippen molar-refractivity contribution in [1.82, 2.24) is 10.7 Å². The fourth-order valence-corrected chi connectivity index (χ4v) is 5.83. The molecule has 2 aromatic carbocycles. The van der Waals surface area contributed by atoms with Crippen LogP contribution >= 0.6 is 0 Å². The predicted molar refractivity (Wildman–Crippen MR) is 138 cm³/mol. The fraction of sp³-hybridized carbons (Fsp3) is 0.367. The highest BCUT2D eigenvalue weighted by atomic mass is 19.1. The molecular formula is C30H34FN3O. The average Bonchev–Trinajstić information content (AvgIpc) is 3.44. The number of halogens is 1. The van der Waals surface area contributed by atoms with Gasteiger partial charge >= 0.3 is 0 Å². The number of carbonyl (C=O) groups excluding carboxylic acids is 1. The summed E-state index contributed by atoms with van der Waals surface area (Å²) in [6, 6.07) is 17.0. The molecule has 2 N–H and O–H groups in total. The average molecular weight is 472 g/mol. The first-order valence-corrected chi connectivity index (χ1v) is 12.7. The molecule has 1 amide bonds. The molecule has 4 nitrogen and oxygen atoms in total. The zero-order chi connectivity index (χ0) is 24.5. The van der Waals surface area contributed by atoms with Crippen molar-refractivity contribution in [2.45, 2.75) is 52.5 Å². The quantitative estimate of drug-likeness (QED) is 0.480. The van der Waals surface area contributed by atoms with Gasteiger partial charge in [0.2, 0.25) is 5.91 Å². The summed E-state index contributed by atoms with van der Waals surface area (Å²) in [5.74, 6) is 0.933.